The maximum absolute atomic E-state index is 14.5. The lowest BCUT2D eigenvalue weighted by Gasteiger charge is -2.39. The van der Waals surface area contributed by atoms with Gasteiger partial charge < -0.3 is 24.5 Å². The number of aliphatic hydroxyl groups excluding tert-OH is 1. The van der Waals surface area contributed by atoms with Gasteiger partial charge in [-0.3, -0.25) is 14.4 Å². The molecule has 3 fully saturated rings. The predicted molar refractivity (Wildman–Crippen MR) is 163 cm³/mol. The number of ether oxygens (including phenoxy) is 1. The van der Waals surface area contributed by atoms with Crippen LogP contribution >= 0.6 is 0 Å². The van der Waals surface area contributed by atoms with Crippen molar-refractivity contribution in [3.8, 4) is 0 Å². The van der Waals surface area contributed by atoms with Crippen LogP contribution in [-0.2, 0) is 25.7 Å². The predicted octanol–water partition coefficient (Wildman–Crippen LogP) is 4.19. The SMILES string of the molecule is C=CCN(CCCCC)C(=O)C1N([C@@H](CC)CO)C(=O)[C@@H]2[C@H](C(=O)N(CC=C)Cc3ccccc3)[C@@]3(C)OC12CC3C. The average Bonchev–Trinajstić information content (AvgIpc) is 3.49. The summed E-state index contributed by atoms with van der Waals surface area (Å²) in [5.41, 5.74) is -1.08. The average molecular weight is 580 g/mol. The molecule has 3 aliphatic rings. The van der Waals surface area contributed by atoms with Crippen molar-refractivity contribution in [2.24, 2.45) is 17.8 Å². The minimum absolute atomic E-state index is 0.0600. The maximum atomic E-state index is 14.5. The number of carbonyl (C=O) groups excluding carboxylic acids is 3. The molecular formula is C34H49N3O5. The fourth-order valence-electron chi connectivity index (χ4n) is 7.70. The van der Waals surface area contributed by atoms with Crippen LogP contribution in [0.3, 0.4) is 0 Å². The summed E-state index contributed by atoms with van der Waals surface area (Å²) in [6.07, 6.45) is 7.24. The number of fused-ring (bicyclic) bond motifs is 1. The van der Waals surface area contributed by atoms with E-state index >= 15 is 0 Å². The van der Waals surface area contributed by atoms with E-state index in [0.29, 0.717) is 39.0 Å². The van der Waals surface area contributed by atoms with Gasteiger partial charge in [0.15, 0.2) is 0 Å². The monoisotopic (exact) mass is 579 g/mol. The minimum atomic E-state index is -1.15. The summed E-state index contributed by atoms with van der Waals surface area (Å²) in [6.45, 7) is 17.1. The third-order valence-electron chi connectivity index (χ3n) is 9.90. The molecule has 3 amide bonds. The molecule has 3 saturated heterocycles. The number of hydrogen-bond acceptors (Lipinski definition) is 5. The van der Waals surface area contributed by atoms with Gasteiger partial charge in [-0.1, -0.05) is 76.1 Å². The van der Waals surface area contributed by atoms with Crippen molar-refractivity contribution in [1.82, 2.24) is 14.7 Å². The van der Waals surface area contributed by atoms with Crippen LogP contribution in [0.1, 0.15) is 65.4 Å². The summed E-state index contributed by atoms with van der Waals surface area (Å²) < 4.78 is 6.93. The van der Waals surface area contributed by atoms with E-state index in [1.54, 1.807) is 26.9 Å². The van der Waals surface area contributed by atoms with E-state index in [1.165, 1.54) is 0 Å². The van der Waals surface area contributed by atoms with Crippen molar-refractivity contribution in [2.45, 2.75) is 89.6 Å². The van der Waals surface area contributed by atoms with Gasteiger partial charge in [0.25, 0.3) is 0 Å². The van der Waals surface area contributed by atoms with Crippen LogP contribution < -0.4 is 0 Å². The maximum Gasteiger partial charge on any atom is 0.248 e. The van der Waals surface area contributed by atoms with Gasteiger partial charge in [0.05, 0.1) is 30.1 Å². The van der Waals surface area contributed by atoms with Gasteiger partial charge in [0, 0.05) is 26.2 Å². The summed E-state index contributed by atoms with van der Waals surface area (Å²) >= 11 is 0. The van der Waals surface area contributed by atoms with Crippen LogP contribution in [0.25, 0.3) is 0 Å². The lowest BCUT2D eigenvalue weighted by molar-refractivity contribution is -0.157. The second-order valence-corrected chi connectivity index (χ2v) is 12.5. The zero-order valence-electron chi connectivity index (χ0n) is 25.8. The molecule has 0 aromatic heterocycles. The van der Waals surface area contributed by atoms with Crippen LogP contribution in [-0.4, -0.2) is 87.1 Å². The number of hydrogen-bond donors (Lipinski definition) is 1. The number of nitrogens with zero attached hydrogens (tertiary/aromatic N) is 3. The van der Waals surface area contributed by atoms with E-state index in [0.717, 1.165) is 24.8 Å². The Hall–Kier alpha value is -2.97. The number of aliphatic hydroxyl groups is 1. The highest BCUT2D eigenvalue weighted by Gasteiger charge is 2.80. The molecule has 2 bridgehead atoms. The Morgan fingerprint density at radius 2 is 1.79 bits per heavy atom. The molecule has 1 spiro atoms. The van der Waals surface area contributed by atoms with Gasteiger partial charge in [0.1, 0.15) is 11.6 Å². The second kappa shape index (κ2) is 13.1. The van der Waals surface area contributed by atoms with Crippen LogP contribution in [0.4, 0.5) is 0 Å². The second-order valence-electron chi connectivity index (χ2n) is 12.5. The Morgan fingerprint density at radius 3 is 2.38 bits per heavy atom. The van der Waals surface area contributed by atoms with E-state index in [1.807, 2.05) is 44.2 Å². The van der Waals surface area contributed by atoms with Crippen molar-refractivity contribution in [1.29, 1.82) is 0 Å². The van der Waals surface area contributed by atoms with E-state index in [2.05, 4.69) is 27.0 Å². The Labute approximate surface area is 251 Å². The standard InChI is InChI=1S/C34H49N3O5/c1-7-11-15-20-35(18-8-2)32(41)29-34-21-24(5)33(6,42-34)27(28(34)31(40)37(29)26(10-4)23-38)30(39)36(19-9-3)22-25-16-13-12-14-17-25/h8-9,12-14,16-17,24,26-29,38H,2-3,7,10-11,15,18-23H2,1,4-6H3/t24?,26-,27+,28-,29?,33-,34?/m0/s1. The minimum Gasteiger partial charge on any atom is -0.394 e. The molecule has 3 unspecified atom stereocenters. The molecular weight excluding hydrogens is 530 g/mol. The molecule has 230 valence electrons. The molecule has 1 aromatic rings. The molecule has 3 aliphatic heterocycles. The zero-order chi connectivity index (χ0) is 30.7. The quantitative estimate of drug-likeness (QED) is 0.249. The van der Waals surface area contributed by atoms with Crippen molar-refractivity contribution >= 4 is 17.7 Å². The van der Waals surface area contributed by atoms with Gasteiger partial charge in [0.2, 0.25) is 17.7 Å². The first kappa shape index (κ1) is 32.0. The molecule has 3 heterocycles. The van der Waals surface area contributed by atoms with E-state index in [-0.39, 0.29) is 30.2 Å². The molecule has 4 rings (SSSR count). The Kier molecular flexibility index (Phi) is 9.99. The van der Waals surface area contributed by atoms with Crippen LogP contribution in [0.5, 0.6) is 0 Å². The number of likely N-dealkylation sites (tertiary alicyclic amines) is 1. The van der Waals surface area contributed by atoms with Gasteiger partial charge in [-0.25, -0.2) is 0 Å². The molecule has 0 aliphatic carbocycles. The highest BCUT2D eigenvalue weighted by molar-refractivity contribution is 5.99. The lowest BCUT2D eigenvalue weighted by Crippen LogP contribution is -2.59. The number of benzene rings is 1. The van der Waals surface area contributed by atoms with Crippen LogP contribution in [0.15, 0.2) is 55.6 Å². The summed E-state index contributed by atoms with van der Waals surface area (Å²) in [7, 11) is 0. The number of carbonyl (C=O) groups is 3. The van der Waals surface area contributed by atoms with Gasteiger partial charge in [-0.15, -0.1) is 13.2 Å². The first-order valence-corrected chi connectivity index (χ1v) is 15.6. The van der Waals surface area contributed by atoms with Crippen molar-refractivity contribution < 1.29 is 24.2 Å². The molecule has 0 saturated carbocycles. The van der Waals surface area contributed by atoms with Crippen molar-refractivity contribution in [3.05, 3.63) is 61.2 Å². The van der Waals surface area contributed by atoms with E-state index in [4.69, 9.17) is 4.74 Å². The topological polar surface area (TPSA) is 90.4 Å². The van der Waals surface area contributed by atoms with Gasteiger partial charge in [-0.05, 0) is 37.7 Å². The van der Waals surface area contributed by atoms with E-state index < -0.39 is 35.1 Å². The third kappa shape index (κ3) is 5.32. The number of rotatable bonds is 15. The van der Waals surface area contributed by atoms with Crippen LogP contribution in [0.2, 0.25) is 0 Å². The summed E-state index contributed by atoms with van der Waals surface area (Å²) in [5.74, 6) is -2.26. The smallest absolute Gasteiger partial charge is 0.248 e. The van der Waals surface area contributed by atoms with Crippen molar-refractivity contribution in [2.75, 3.05) is 26.2 Å². The third-order valence-corrected chi connectivity index (χ3v) is 9.90. The molecule has 1 N–H and O–H groups in total. The molecule has 8 heteroatoms. The zero-order valence-corrected chi connectivity index (χ0v) is 25.8. The molecule has 0 radical (unpaired) electrons. The highest BCUT2D eigenvalue weighted by Crippen LogP contribution is 2.66. The normalized spacial score (nSPS) is 30.2. The fourth-order valence-corrected chi connectivity index (χ4v) is 7.70. The Bertz CT molecular complexity index is 1150. The number of unbranched alkanes of at least 4 members (excludes halogenated alkanes) is 2. The molecule has 1 aromatic carbocycles. The fraction of sp³-hybridized carbons (Fsp3) is 0.618. The highest BCUT2D eigenvalue weighted by atomic mass is 16.5. The summed E-state index contributed by atoms with van der Waals surface area (Å²) in [4.78, 5) is 48.7. The first-order valence-electron chi connectivity index (χ1n) is 15.6. The molecule has 8 nitrogen and oxygen atoms in total. The molecule has 7 atom stereocenters. The largest absolute Gasteiger partial charge is 0.394 e. The molecule has 42 heavy (non-hydrogen) atoms. The van der Waals surface area contributed by atoms with Crippen LogP contribution in [0, 0.1) is 17.8 Å². The lowest BCUT2D eigenvalue weighted by atomic mass is 9.62. The Morgan fingerprint density at radius 1 is 1.12 bits per heavy atom. The first-order chi connectivity index (χ1) is 20.1. The van der Waals surface area contributed by atoms with Gasteiger partial charge >= 0.3 is 0 Å². The van der Waals surface area contributed by atoms with E-state index in [9.17, 15) is 19.5 Å². The number of amides is 3. The summed E-state index contributed by atoms with van der Waals surface area (Å²) in [5, 5.41) is 10.4. The summed E-state index contributed by atoms with van der Waals surface area (Å²) in [6, 6.07) is 8.29. The van der Waals surface area contributed by atoms with Gasteiger partial charge in [-0.2, -0.15) is 0 Å². The van der Waals surface area contributed by atoms with Crippen molar-refractivity contribution in [3.63, 3.8) is 0 Å². The Balaban J connectivity index is 1.79.